The Morgan fingerprint density at radius 1 is 1.31 bits per heavy atom. The standard InChI is InChI=1S/C12H10ClFOS/c13-10-4-8(5-11(14)6-10)3-9-1-2-16-12(9)7-15/h1-2,4-6,15H,3,7H2. The van der Waals surface area contributed by atoms with Gasteiger partial charge in [0.1, 0.15) is 5.82 Å². The fraction of sp³-hybridized carbons (Fsp3) is 0.167. The minimum atomic E-state index is -0.330. The van der Waals surface area contributed by atoms with Gasteiger partial charge in [0.05, 0.1) is 6.61 Å². The Morgan fingerprint density at radius 2 is 2.12 bits per heavy atom. The normalized spacial score (nSPS) is 10.7. The minimum absolute atomic E-state index is 0.0239. The number of hydrogen-bond acceptors (Lipinski definition) is 2. The number of aliphatic hydroxyl groups excluding tert-OH is 1. The monoisotopic (exact) mass is 256 g/mol. The third-order valence-corrected chi connectivity index (χ3v) is 3.46. The molecule has 1 N–H and O–H groups in total. The Labute approximate surface area is 102 Å². The topological polar surface area (TPSA) is 20.2 Å². The highest BCUT2D eigenvalue weighted by molar-refractivity contribution is 7.10. The SMILES string of the molecule is OCc1sccc1Cc1cc(F)cc(Cl)c1. The molecule has 2 rings (SSSR count). The van der Waals surface area contributed by atoms with E-state index in [1.54, 1.807) is 6.07 Å². The van der Waals surface area contributed by atoms with Crippen LogP contribution in [0.15, 0.2) is 29.6 Å². The lowest BCUT2D eigenvalue weighted by Gasteiger charge is -2.03. The van der Waals surface area contributed by atoms with Gasteiger partial charge < -0.3 is 5.11 Å². The Hall–Kier alpha value is -0.900. The van der Waals surface area contributed by atoms with Crippen molar-refractivity contribution in [2.24, 2.45) is 0 Å². The molecule has 0 radical (unpaired) electrons. The number of thiophene rings is 1. The molecule has 0 aliphatic rings. The van der Waals surface area contributed by atoms with Gasteiger partial charge in [0.25, 0.3) is 0 Å². The summed E-state index contributed by atoms with van der Waals surface area (Å²) in [6, 6.07) is 6.43. The summed E-state index contributed by atoms with van der Waals surface area (Å²) in [5.74, 6) is -0.330. The summed E-state index contributed by atoms with van der Waals surface area (Å²) in [5.41, 5.74) is 1.84. The van der Waals surface area contributed by atoms with Crippen LogP contribution in [0.3, 0.4) is 0 Å². The van der Waals surface area contributed by atoms with E-state index in [0.717, 1.165) is 16.0 Å². The van der Waals surface area contributed by atoms with Gasteiger partial charge in [-0.25, -0.2) is 4.39 Å². The van der Waals surface area contributed by atoms with Crippen LogP contribution in [0.2, 0.25) is 5.02 Å². The van der Waals surface area contributed by atoms with Crippen molar-refractivity contribution in [2.75, 3.05) is 0 Å². The molecule has 2 aromatic rings. The van der Waals surface area contributed by atoms with Crippen LogP contribution in [-0.4, -0.2) is 5.11 Å². The van der Waals surface area contributed by atoms with Crippen molar-refractivity contribution >= 4 is 22.9 Å². The largest absolute Gasteiger partial charge is 0.391 e. The van der Waals surface area contributed by atoms with Crippen LogP contribution in [0.25, 0.3) is 0 Å². The molecule has 84 valence electrons. The zero-order chi connectivity index (χ0) is 11.5. The van der Waals surface area contributed by atoms with E-state index in [0.29, 0.717) is 11.4 Å². The maximum Gasteiger partial charge on any atom is 0.124 e. The lowest BCUT2D eigenvalue weighted by Crippen LogP contribution is -1.92. The third kappa shape index (κ3) is 2.61. The van der Waals surface area contributed by atoms with E-state index < -0.39 is 0 Å². The van der Waals surface area contributed by atoms with Crippen molar-refractivity contribution in [3.8, 4) is 0 Å². The summed E-state index contributed by atoms with van der Waals surface area (Å²) in [6.45, 7) is 0.0239. The van der Waals surface area contributed by atoms with Crippen molar-refractivity contribution in [1.29, 1.82) is 0 Å². The predicted octanol–water partition coefficient (Wildman–Crippen LogP) is 3.62. The maximum atomic E-state index is 13.1. The molecular formula is C12H10ClFOS. The first-order valence-electron chi connectivity index (χ1n) is 4.80. The summed E-state index contributed by atoms with van der Waals surface area (Å²) in [4.78, 5) is 0.917. The van der Waals surface area contributed by atoms with Crippen LogP contribution in [-0.2, 0) is 13.0 Å². The molecule has 0 bridgehead atoms. The van der Waals surface area contributed by atoms with Crippen molar-refractivity contribution in [3.05, 3.63) is 56.5 Å². The molecule has 1 heterocycles. The van der Waals surface area contributed by atoms with Crippen molar-refractivity contribution in [1.82, 2.24) is 0 Å². The molecule has 1 aromatic heterocycles. The maximum absolute atomic E-state index is 13.1. The second-order valence-corrected chi connectivity index (χ2v) is 4.92. The average molecular weight is 257 g/mol. The lowest BCUT2D eigenvalue weighted by molar-refractivity contribution is 0.284. The number of halogens is 2. The minimum Gasteiger partial charge on any atom is -0.391 e. The van der Waals surface area contributed by atoms with E-state index in [1.165, 1.54) is 23.5 Å². The number of hydrogen-bond donors (Lipinski definition) is 1. The van der Waals surface area contributed by atoms with Gasteiger partial charge in [-0.1, -0.05) is 11.6 Å². The van der Waals surface area contributed by atoms with E-state index >= 15 is 0 Å². The van der Waals surface area contributed by atoms with Gasteiger partial charge in [0, 0.05) is 9.90 Å². The highest BCUT2D eigenvalue weighted by Crippen LogP contribution is 2.22. The zero-order valence-electron chi connectivity index (χ0n) is 8.41. The quantitative estimate of drug-likeness (QED) is 0.889. The number of aliphatic hydroxyl groups is 1. The smallest absolute Gasteiger partial charge is 0.124 e. The van der Waals surface area contributed by atoms with Crippen LogP contribution < -0.4 is 0 Å². The molecule has 0 aliphatic heterocycles. The van der Waals surface area contributed by atoms with Gasteiger partial charge in [-0.05, 0) is 47.2 Å². The second kappa shape index (κ2) is 4.95. The van der Waals surface area contributed by atoms with E-state index in [2.05, 4.69) is 0 Å². The molecule has 0 aliphatic carbocycles. The molecule has 0 fully saturated rings. The van der Waals surface area contributed by atoms with Gasteiger partial charge in [-0.15, -0.1) is 11.3 Å². The number of benzene rings is 1. The summed E-state index contributed by atoms with van der Waals surface area (Å²) in [7, 11) is 0. The molecule has 0 unspecified atom stereocenters. The van der Waals surface area contributed by atoms with Crippen LogP contribution in [0, 0.1) is 5.82 Å². The average Bonchev–Trinajstić information content (AvgIpc) is 2.63. The first kappa shape index (κ1) is 11.6. The van der Waals surface area contributed by atoms with Crippen molar-refractivity contribution in [2.45, 2.75) is 13.0 Å². The van der Waals surface area contributed by atoms with Crippen molar-refractivity contribution in [3.63, 3.8) is 0 Å². The van der Waals surface area contributed by atoms with Gasteiger partial charge in [-0.3, -0.25) is 0 Å². The Balaban J connectivity index is 2.26. The molecule has 0 saturated carbocycles. The third-order valence-electron chi connectivity index (χ3n) is 2.30. The molecule has 1 aromatic carbocycles. The molecule has 16 heavy (non-hydrogen) atoms. The van der Waals surface area contributed by atoms with E-state index in [-0.39, 0.29) is 12.4 Å². The lowest BCUT2D eigenvalue weighted by atomic mass is 10.1. The Morgan fingerprint density at radius 3 is 2.81 bits per heavy atom. The predicted molar refractivity (Wildman–Crippen MR) is 64.5 cm³/mol. The summed E-state index contributed by atoms with van der Waals surface area (Å²) >= 11 is 7.28. The fourth-order valence-electron chi connectivity index (χ4n) is 1.60. The van der Waals surface area contributed by atoms with Crippen LogP contribution >= 0.6 is 22.9 Å². The molecule has 1 nitrogen and oxygen atoms in total. The number of rotatable bonds is 3. The Bertz CT molecular complexity index is 475. The fourth-order valence-corrected chi connectivity index (χ4v) is 2.60. The first-order chi connectivity index (χ1) is 7.69. The molecule has 0 atom stereocenters. The van der Waals surface area contributed by atoms with E-state index in [1.807, 2.05) is 11.4 Å². The first-order valence-corrected chi connectivity index (χ1v) is 6.06. The highest BCUT2D eigenvalue weighted by atomic mass is 35.5. The van der Waals surface area contributed by atoms with Gasteiger partial charge in [0.2, 0.25) is 0 Å². The highest BCUT2D eigenvalue weighted by Gasteiger charge is 2.06. The van der Waals surface area contributed by atoms with Crippen LogP contribution in [0.1, 0.15) is 16.0 Å². The molecule has 4 heteroatoms. The molecule has 0 amide bonds. The summed E-state index contributed by atoms with van der Waals surface area (Å²) in [5, 5.41) is 11.4. The molecule has 0 saturated heterocycles. The van der Waals surface area contributed by atoms with Gasteiger partial charge in [-0.2, -0.15) is 0 Å². The van der Waals surface area contributed by atoms with Gasteiger partial charge >= 0.3 is 0 Å². The molecule has 0 spiro atoms. The molecular weight excluding hydrogens is 247 g/mol. The summed E-state index contributed by atoms with van der Waals surface area (Å²) < 4.78 is 13.1. The van der Waals surface area contributed by atoms with E-state index in [4.69, 9.17) is 16.7 Å². The van der Waals surface area contributed by atoms with Crippen LogP contribution in [0.5, 0.6) is 0 Å². The summed E-state index contributed by atoms with van der Waals surface area (Å²) in [6.07, 6.45) is 0.594. The second-order valence-electron chi connectivity index (χ2n) is 3.48. The van der Waals surface area contributed by atoms with Crippen LogP contribution in [0.4, 0.5) is 4.39 Å². The Kier molecular flexibility index (Phi) is 3.59. The van der Waals surface area contributed by atoms with Gasteiger partial charge in [0.15, 0.2) is 0 Å². The van der Waals surface area contributed by atoms with E-state index in [9.17, 15) is 4.39 Å². The van der Waals surface area contributed by atoms with Crippen molar-refractivity contribution < 1.29 is 9.50 Å². The zero-order valence-corrected chi connectivity index (χ0v) is 9.98.